The first-order valence-electron chi connectivity index (χ1n) is 13.5. The van der Waals surface area contributed by atoms with Crippen molar-refractivity contribution in [3.05, 3.63) is 47.9 Å². The van der Waals surface area contributed by atoms with Crippen molar-refractivity contribution in [1.29, 1.82) is 0 Å². The summed E-state index contributed by atoms with van der Waals surface area (Å²) in [5.41, 5.74) is 6.51. The highest BCUT2D eigenvalue weighted by molar-refractivity contribution is 5.92. The third-order valence-electron chi connectivity index (χ3n) is 7.85. The average Bonchev–Trinajstić information content (AvgIpc) is 3.50. The van der Waals surface area contributed by atoms with Crippen LogP contribution in [0.2, 0.25) is 0 Å². The lowest BCUT2D eigenvalue weighted by atomic mass is 9.87. The number of nitrogens with zero attached hydrogens (tertiary/aromatic N) is 4. The van der Waals surface area contributed by atoms with Crippen LogP contribution in [0.25, 0.3) is 27.8 Å². The van der Waals surface area contributed by atoms with E-state index in [9.17, 15) is 4.79 Å². The molecule has 1 N–H and O–H groups in total. The molecule has 200 valence electrons. The van der Waals surface area contributed by atoms with E-state index in [0.717, 1.165) is 43.1 Å². The Balaban J connectivity index is 1.31. The third-order valence-corrected chi connectivity index (χ3v) is 7.85. The molecule has 2 saturated heterocycles. The first kappa shape index (κ1) is 24.9. The lowest BCUT2D eigenvalue weighted by molar-refractivity contribution is -0.141. The molecule has 1 aromatic carbocycles. The first-order valence-corrected chi connectivity index (χ1v) is 13.5. The number of benzene rings is 1. The van der Waals surface area contributed by atoms with E-state index in [1.807, 2.05) is 12.3 Å². The number of esters is 1. The SMILES string of the molecule is CC(=O)OCCOc1cc(-c2[nH]c3ccc(C4CCN(C5COC5)CC4)cc3c2C(C)C)cn2ncnc12. The van der Waals surface area contributed by atoms with Gasteiger partial charge in [-0.25, -0.2) is 9.50 Å². The first-order chi connectivity index (χ1) is 18.5. The summed E-state index contributed by atoms with van der Waals surface area (Å²) in [6.07, 6.45) is 5.88. The molecule has 0 spiro atoms. The minimum absolute atomic E-state index is 0.180. The van der Waals surface area contributed by atoms with Crippen molar-refractivity contribution in [3.63, 3.8) is 0 Å². The second-order valence-electron chi connectivity index (χ2n) is 10.7. The fraction of sp³-hybridized carbons (Fsp3) is 0.483. The van der Waals surface area contributed by atoms with Gasteiger partial charge in [0.2, 0.25) is 0 Å². The van der Waals surface area contributed by atoms with Gasteiger partial charge >= 0.3 is 5.97 Å². The molecule has 3 aromatic heterocycles. The molecule has 0 amide bonds. The predicted octanol–water partition coefficient (Wildman–Crippen LogP) is 4.52. The number of hydrogen-bond acceptors (Lipinski definition) is 7. The summed E-state index contributed by atoms with van der Waals surface area (Å²) < 4.78 is 18.1. The van der Waals surface area contributed by atoms with Crippen LogP contribution in [-0.2, 0) is 14.3 Å². The van der Waals surface area contributed by atoms with E-state index < -0.39 is 0 Å². The second-order valence-corrected chi connectivity index (χ2v) is 10.7. The van der Waals surface area contributed by atoms with Gasteiger partial charge in [-0.05, 0) is 67.1 Å². The highest BCUT2D eigenvalue weighted by atomic mass is 16.6. The number of fused-ring (bicyclic) bond motifs is 2. The Morgan fingerprint density at radius 1 is 1.18 bits per heavy atom. The van der Waals surface area contributed by atoms with Crippen molar-refractivity contribution in [2.45, 2.75) is 51.5 Å². The van der Waals surface area contributed by atoms with Gasteiger partial charge in [-0.3, -0.25) is 9.69 Å². The number of likely N-dealkylation sites (tertiary alicyclic amines) is 1. The Bertz CT molecular complexity index is 1450. The highest BCUT2D eigenvalue weighted by Gasteiger charge is 2.30. The number of ether oxygens (including phenoxy) is 3. The van der Waals surface area contributed by atoms with Gasteiger partial charge in [0, 0.05) is 29.6 Å². The van der Waals surface area contributed by atoms with Crippen LogP contribution in [-0.4, -0.2) is 76.0 Å². The summed E-state index contributed by atoms with van der Waals surface area (Å²) in [6.45, 7) is 10.4. The van der Waals surface area contributed by atoms with Crippen LogP contribution in [0.1, 0.15) is 56.6 Å². The van der Waals surface area contributed by atoms with Gasteiger partial charge in [0.15, 0.2) is 11.4 Å². The number of carbonyl (C=O) groups is 1. The Hall–Kier alpha value is -3.43. The van der Waals surface area contributed by atoms with Crippen molar-refractivity contribution < 1.29 is 19.0 Å². The van der Waals surface area contributed by atoms with Crippen LogP contribution in [0.5, 0.6) is 5.75 Å². The monoisotopic (exact) mass is 517 g/mol. The number of nitrogens with one attached hydrogen (secondary N) is 1. The number of pyridine rings is 1. The standard InChI is InChI=1S/C29H35N5O4/c1-18(2)27-24-12-21(20-6-8-33(9-7-20)23-15-36-16-23)4-5-25(24)32-28(27)22-13-26(38-11-10-37-19(3)35)29-30-17-31-34(29)14-22/h4-5,12-14,17-18,20,23,32H,6-11,15-16H2,1-3H3. The third kappa shape index (κ3) is 4.76. The van der Waals surface area contributed by atoms with E-state index in [1.54, 1.807) is 4.52 Å². The molecule has 0 bridgehead atoms. The Morgan fingerprint density at radius 3 is 2.71 bits per heavy atom. The lowest BCUT2D eigenvalue weighted by Crippen LogP contribution is -2.51. The summed E-state index contributed by atoms with van der Waals surface area (Å²) in [5, 5.41) is 5.65. The van der Waals surface area contributed by atoms with Crippen molar-refractivity contribution in [1.82, 2.24) is 24.5 Å². The zero-order valence-corrected chi connectivity index (χ0v) is 22.3. The summed E-state index contributed by atoms with van der Waals surface area (Å²) in [7, 11) is 0. The molecule has 2 aliphatic rings. The molecule has 5 heterocycles. The molecule has 4 aromatic rings. The van der Waals surface area contributed by atoms with Crippen molar-refractivity contribution >= 4 is 22.5 Å². The molecule has 6 rings (SSSR count). The Morgan fingerprint density at radius 2 is 2.00 bits per heavy atom. The number of H-pyrrole nitrogens is 1. The molecular weight excluding hydrogens is 482 g/mol. The summed E-state index contributed by atoms with van der Waals surface area (Å²) in [6, 6.07) is 9.55. The van der Waals surface area contributed by atoms with E-state index in [4.69, 9.17) is 14.2 Å². The number of carbonyl (C=O) groups excluding carboxylic acids is 1. The molecule has 0 unspecified atom stereocenters. The van der Waals surface area contributed by atoms with Gasteiger partial charge < -0.3 is 19.2 Å². The zero-order chi connectivity index (χ0) is 26.2. The van der Waals surface area contributed by atoms with Gasteiger partial charge in [-0.15, -0.1) is 0 Å². The molecule has 2 aliphatic heterocycles. The Kier molecular flexibility index (Phi) is 6.80. The average molecular weight is 518 g/mol. The number of aromatic amines is 1. The van der Waals surface area contributed by atoms with Crippen LogP contribution in [0.3, 0.4) is 0 Å². The molecule has 0 radical (unpaired) electrons. The van der Waals surface area contributed by atoms with Crippen LogP contribution < -0.4 is 4.74 Å². The van der Waals surface area contributed by atoms with Crippen LogP contribution in [0.4, 0.5) is 0 Å². The Labute approximate surface area is 222 Å². The number of piperidine rings is 1. The molecule has 2 fully saturated rings. The van der Waals surface area contributed by atoms with Gasteiger partial charge in [-0.2, -0.15) is 5.10 Å². The van der Waals surface area contributed by atoms with E-state index in [-0.39, 0.29) is 19.2 Å². The van der Waals surface area contributed by atoms with Crippen molar-refractivity contribution in [3.8, 4) is 17.0 Å². The van der Waals surface area contributed by atoms with Gasteiger partial charge in [-0.1, -0.05) is 19.9 Å². The number of aromatic nitrogens is 4. The lowest BCUT2D eigenvalue weighted by Gasteiger charge is -2.41. The fourth-order valence-electron chi connectivity index (χ4n) is 5.82. The normalized spacial score (nSPS) is 17.4. The molecule has 9 nitrogen and oxygen atoms in total. The largest absolute Gasteiger partial charge is 0.486 e. The zero-order valence-electron chi connectivity index (χ0n) is 22.3. The molecule has 0 aliphatic carbocycles. The maximum atomic E-state index is 11.1. The van der Waals surface area contributed by atoms with Crippen LogP contribution in [0.15, 0.2) is 36.8 Å². The van der Waals surface area contributed by atoms with E-state index in [1.165, 1.54) is 42.6 Å². The topological polar surface area (TPSA) is 94.0 Å². The summed E-state index contributed by atoms with van der Waals surface area (Å²) in [5.74, 6) is 1.17. The maximum Gasteiger partial charge on any atom is 0.302 e. The van der Waals surface area contributed by atoms with Crippen LogP contribution in [0, 0.1) is 0 Å². The van der Waals surface area contributed by atoms with Gasteiger partial charge in [0.1, 0.15) is 19.5 Å². The second kappa shape index (κ2) is 10.4. The number of rotatable bonds is 8. The smallest absolute Gasteiger partial charge is 0.302 e. The predicted molar refractivity (Wildman–Crippen MR) is 145 cm³/mol. The highest BCUT2D eigenvalue weighted by Crippen LogP contribution is 2.39. The molecule has 9 heteroatoms. The summed E-state index contributed by atoms with van der Waals surface area (Å²) >= 11 is 0. The number of hydrogen-bond donors (Lipinski definition) is 1. The van der Waals surface area contributed by atoms with Crippen molar-refractivity contribution in [2.24, 2.45) is 0 Å². The van der Waals surface area contributed by atoms with Gasteiger partial charge in [0.05, 0.1) is 24.9 Å². The van der Waals surface area contributed by atoms with Gasteiger partial charge in [0.25, 0.3) is 0 Å². The minimum atomic E-state index is -0.326. The fourth-order valence-corrected chi connectivity index (χ4v) is 5.82. The quantitative estimate of drug-likeness (QED) is 0.271. The molecule has 0 atom stereocenters. The molecule has 38 heavy (non-hydrogen) atoms. The van der Waals surface area contributed by atoms with E-state index in [2.05, 4.69) is 52.0 Å². The van der Waals surface area contributed by atoms with Crippen molar-refractivity contribution in [2.75, 3.05) is 39.5 Å². The van der Waals surface area contributed by atoms with Crippen LogP contribution >= 0.6 is 0 Å². The van der Waals surface area contributed by atoms with E-state index in [0.29, 0.717) is 29.3 Å². The minimum Gasteiger partial charge on any atom is -0.486 e. The molecular formula is C29H35N5O4. The molecule has 0 saturated carbocycles. The van der Waals surface area contributed by atoms with E-state index >= 15 is 0 Å². The summed E-state index contributed by atoms with van der Waals surface area (Å²) in [4.78, 5) is 21.8. The maximum absolute atomic E-state index is 11.1.